The summed E-state index contributed by atoms with van der Waals surface area (Å²) >= 11 is 0. The van der Waals surface area contributed by atoms with E-state index < -0.39 is 0 Å². The standard InChI is InChI=1S/C28H37N3O5/c1-17-9-10-18(2)23(11-17)30-26(32)16-31-21-7-6-8-22(31)15-20(14-21)29-28(33)19-12-24(34-3)27(36-5)25(13-19)35-4/h9-13,20-22H,6-8,14-16H2,1-5H3,(H,29,33)(H,30,32). The van der Waals surface area contributed by atoms with Crippen LogP contribution < -0.4 is 24.8 Å². The van der Waals surface area contributed by atoms with Crippen molar-refractivity contribution in [1.82, 2.24) is 10.2 Å². The van der Waals surface area contributed by atoms with E-state index in [4.69, 9.17) is 14.2 Å². The van der Waals surface area contributed by atoms with Crippen LogP contribution in [0.15, 0.2) is 30.3 Å². The highest BCUT2D eigenvalue weighted by Gasteiger charge is 2.39. The average molecular weight is 496 g/mol. The van der Waals surface area contributed by atoms with Gasteiger partial charge in [-0.25, -0.2) is 0 Å². The maximum Gasteiger partial charge on any atom is 0.251 e. The van der Waals surface area contributed by atoms with Gasteiger partial charge in [0.05, 0.1) is 27.9 Å². The first kappa shape index (κ1) is 25.8. The molecule has 2 bridgehead atoms. The van der Waals surface area contributed by atoms with E-state index in [9.17, 15) is 9.59 Å². The van der Waals surface area contributed by atoms with Gasteiger partial charge in [0.15, 0.2) is 11.5 Å². The van der Waals surface area contributed by atoms with Crippen molar-refractivity contribution in [2.75, 3.05) is 33.2 Å². The number of amides is 2. The van der Waals surface area contributed by atoms with E-state index in [1.807, 2.05) is 32.0 Å². The van der Waals surface area contributed by atoms with Crippen molar-refractivity contribution < 1.29 is 23.8 Å². The lowest BCUT2D eigenvalue weighted by Gasteiger charge is -2.48. The first-order valence-corrected chi connectivity index (χ1v) is 12.6. The molecular formula is C28H37N3O5. The molecule has 2 atom stereocenters. The van der Waals surface area contributed by atoms with Gasteiger partial charge in [-0.2, -0.15) is 0 Å². The van der Waals surface area contributed by atoms with Gasteiger partial charge in [0, 0.05) is 29.4 Å². The Morgan fingerprint density at radius 1 is 0.944 bits per heavy atom. The highest BCUT2D eigenvalue weighted by atomic mass is 16.5. The molecule has 8 nitrogen and oxygen atoms in total. The minimum Gasteiger partial charge on any atom is -0.493 e. The zero-order valence-corrected chi connectivity index (χ0v) is 21.8. The third-order valence-electron chi connectivity index (χ3n) is 7.38. The number of anilines is 1. The first-order chi connectivity index (χ1) is 17.3. The molecule has 2 unspecified atom stereocenters. The monoisotopic (exact) mass is 495 g/mol. The number of fused-ring (bicyclic) bond motifs is 2. The molecule has 4 rings (SSSR count). The van der Waals surface area contributed by atoms with Crippen molar-refractivity contribution >= 4 is 17.5 Å². The van der Waals surface area contributed by atoms with E-state index in [1.165, 1.54) is 21.3 Å². The van der Waals surface area contributed by atoms with Crippen molar-refractivity contribution in [2.24, 2.45) is 0 Å². The Morgan fingerprint density at radius 3 is 2.17 bits per heavy atom. The van der Waals surface area contributed by atoms with Crippen LogP contribution >= 0.6 is 0 Å². The lowest BCUT2D eigenvalue weighted by molar-refractivity contribution is -0.120. The molecule has 2 aromatic carbocycles. The Bertz CT molecular complexity index is 1080. The van der Waals surface area contributed by atoms with Crippen LogP contribution in [0.1, 0.15) is 53.6 Å². The number of hydrogen-bond acceptors (Lipinski definition) is 6. The highest BCUT2D eigenvalue weighted by Crippen LogP contribution is 2.39. The Balaban J connectivity index is 1.41. The van der Waals surface area contributed by atoms with Crippen LogP contribution in [0.3, 0.4) is 0 Å². The molecule has 0 aromatic heterocycles. The van der Waals surface area contributed by atoms with Crippen molar-refractivity contribution in [3.63, 3.8) is 0 Å². The number of rotatable bonds is 8. The highest BCUT2D eigenvalue weighted by molar-refractivity contribution is 5.96. The number of nitrogens with one attached hydrogen (secondary N) is 2. The topological polar surface area (TPSA) is 89.1 Å². The number of carbonyl (C=O) groups excluding carboxylic acids is 2. The SMILES string of the molecule is COc1cc(C(=O)NC2CC3CCCC(C2)N3CC(=O)Nc2cc(C)ccc2C)cc(OC)c1OC. The number of piperidine rings is 2. The lowest BCUT2D eigenvalue weighted by atomic mass is 9.81. The number of carbonyl (C=O) groups is 2. The summed E-state index contributed by atoms with van der Waals surface area (Å²) in [4.78, 5) is 28.4. The fraction of sp³-hybridized carbons (Fsp3) is 0.500. The third-order valence-corrected chi connectivity index (χ3v) is 7.38. The predicted molar refractivity (Wildman–Crippen MR) is 139 cm³/mol. The minimum absolute atomic E-state index is 0.0144. The summed E-state index contributed by atoms with van der Waals surface area (Å²) < 4.78 is 16.2. The second kappa shape index (κ2) is 11.2. The molecule has 2 heterocycles. The van der Waals surface area contributed by atoms with Crippen molar-refractivity contribution in [2.45, 2.75) is 64.1 Å². The smallest absolute Gasteiger partial charge is 0.251 e. The van der Waals surface area contributed by atoms with Crippen molar-refractivity contribution in [1.29, 1.82) is 0 Å². The molecule has 0 saturated carbocycles. The fourth-order valence-corrected chi connectivity index (χ4v) is 5.56. The number of benzene rings is 2. The van der Waals surface area contributed by atoms with Gasteiger partial charge in [-0.3, -0.25) is 14.5 Å². The number of ether oxygens (including phenoxy) is 3. The van der Waals surface area contributed by atoms with E-state index in [1.54, 1.807) is 12.1 Å². The Hall–Kier alpha value is -3.26. The maximum atomic E-state index is 13.1. The van der Waals surface area contributed by atoms with E-state index in [2.05, 4.69) is 15.5 Å². The van der Waals surface area contributed by atoms with E-state index in [-0.39, 0.29) is 29.9 Å². The summed E-state index contributed by atoms with van der Waals surface area (Å²) in [6.07, 6.45) is 4.86. The van der Waals surface area contributed by atoms with Crippen LogP contribution in [0.4, 0.5) is 5.69 Å². The number of nitrogens with zero attached hydrogens (tertiary/aromatic N) is 1. The zero-order valence-electron chi connectivity index (χ0n) is 21.8. The summed E-state index contributed by atoms with van der Waals surface area (Å²) in [7, 11) is 4.60. The molecule has 2 saturated heterocycles. The Kier molecular flexibility index (Phi) is 8.04. The molecule has 2 fully saturated rings. The van der Waals surface area contributed by atoms with Crippen LogP contribution in [0, 0.1) is 13.8 Å². The molecule has 194 valence electrons. The van der Waals surface area contributed by atoms with Gasteiger partial charge in [-0.15, -0.1) is 0 Å². The molecule has 0 spiro atoms. The predicted octanol–water partition coefficient (Wildman–Crippen LogP) is 4.08. The molecule has 2 aliphatic heterocycles. The summed E-state index contributed by atoms with van der Waals surface area (Å²) in [5.74, 6) is 1.20. The molecule has 2 N–H and O–H groups in total. The number of aryl methyl sites for hydroxylation is 2. The summed E-state index contributed by atoms with van der Waals surface area (Å²) in [6, 6.07) is 10.0. The first-order valence-electron chi connectivity index (χ1n) is 12.6. The molecule has 8 heteroatoms. The summed E-state index contributed by atoms with van der Waals surface area (Å²) in [5.41, 5.74) is 3.52. The van der Waals surface area contributed by atoms with Crippen LogP contribution in [-0.2, 0) is 4.79 Å². The maximum absolute atomic E-state index is 13.1. The van der Waals surface area contributed by atoms with E-state index in [0.29, 0.717) is 29.4 Å². The third kappa shape index (κ3) is 5.59. The summed E-state index contributed by atoms with van der Waals surface area (Å²) in [5, 5.41) is 6.31. The molecule has 0 aliphatic carbocycles. The summed E-state index contributed by atoms with van der Waals surface area (Å²) in [6.45, 7) is 4.40. The lowest BCUT2D eigenvalue weighted by Crippen LogP contribution is -2.58. The van der Waals surface area contributed by atoms with Crippen LogP contribution in [0.5, 0.6) is 17.2 Å². The Morgan fingerprint density at radius 2 is 1.58 bits per heavy atom. The van der Waals surface area contributed by atoms with Crippen molar-refractivity contribution in [3.8, 4) is 17.2 Å². The van der Waals surface area contributed by atoms with Gasteiger partial charge in [-0.1, -0.05) is 18.6 Å². The average Bonchev–Trinajstić information content (AvgIpc) is 2.85. The van der Waals surface area contributed by atoms with Gasteiger partial charge in [0.1, 0.15) is 0 Å². The fourth-order valence-electron chi connectivity index (χ4n) is 5.56. The molecule has 2 aliphatic rings. The van der Waals surface area contributed by atoms with Crippen LogP contribution in [0.25, 0.3) is 0 Å². The minimum atomic E-state index is -0.168. The quantitative estimate of drug-likeness (QED) is 0.574. The van der Waals surface area contributed by atoms with E-state index >= 15 is 0 Å². The number of methoxy groups -OCH3 is 3. The van der Waals surface area contributed by atoms with Gasteiger partial charge >= 0.3 is 0 Å². The molecule has 2 amide bonds. The molecule has 0 radical (unpaired) electrons. The second-order valence-electron chi connectivity index (χ2n) is 9.83. The van der Waals surface area contributed by atoms with Gasteiger partial charge in [-0.05, 0) is 68.9 Å². The van der Waals surface area contributed by atoms with Gasteiger partial charge in [0.25, 0.3) is 5.91 Å². The van der Waals surface area contributed by atoms with Crippen LogP contribution in [-0.4, -0.2) is 62.7 Å². The van der Waals surface area contributed by atoms with Gasteiger partial charge < -0.3 is 24.8 Å². The Labute approximate surface area is 213 Å². The van der Waals surface area contributed by atoms with Crippen LogP contribution in [0.2, 0.25) is 0 Å². The zero-order chi connectivity index (χ0) is 25.8. The molecule has 36 heavy (non-hydrogen) atoms. The largest absolute Gasteiger partial charge is 0.493 e. The second-order valence-corrected chi connectivity index (χ2v) is 9.83. The van der Waals surface area contributed by atoms with Crippen molar-refractivity contribution in [3.05, 3.63) is 47.0 Å². The van der Waals surface area contributed by atoms with E-state index in [0.717, 1.165) is 48.9 Å². The van der Waals surface area contributed by atoms with Gasteiger partial charge in [0.2, 0.25) is 11.7 Å². The molecular weight excluding hydrogens is 458 g/mol. The normalized spacial score (nSPS) is 21.4. The number of hydrogen-bond donors (Lipinski definition) is 2. The molecule has 2 aromatic rings.